The van der Waals surface area contributed by atoms with Crippen molar-refractivity contribution < 1.29 is 17.6 Å². The minimum absolute atomic E-state index is 0.207. The first-order valence-corrected chi connectivity index (χ1v) is 9.80. The Labute approximate surface area is 145 Å². The van der Waals surface area contributed by atoms with E-state index in [4.69, 9.17) is 0 Å². The first-order chi connectivity index (χ1) is 11.4. The molecule has 0 aliphatic heterocycles. The molecule has 0 atom stereocenters. The van der Waals surface area contributed by atoms with Gasteiger partial charge >= 0.3 is 0 Å². The quantitative estimate of drug-likeness (QED) is 0.747. The molecule has 24 heavy (non-hydrogen) atoms. The van der Waals surface area contributed by atoms with Crippen LogP contribution in [0, 0.1) is 5.82 Å². The van der Waals surface area contributed by atoms with Crippen LogP contribution in [0.15, 0.2) is 40.6 Å². The van der Waals surface area contributed by atoms with Crippen LogP contribution >= 0.6 is 11.3 Å². The SMILES string of the molecule is CCc1ccc(S(=O)(=O)NCC(=O)NCCc2ccc(F)cc2)s1. The van der Waals surface area contributed by atoms with Gasteiger partial charge in [0.15, 0.2) is 0 Å². The van der Waals surface area contributed by atoms with Crippen molar-refractivity contribution in [3.63, 3.8) is 0 Å². The summed E-state index contributed by atoms with van der Waals surface area (Å²) >= 11 is 1.19. The number of hydrogen-bond donors (Lipinski definition) is 2. The van der Waals surface area contributed by atoms with E-state index >= 15 is 0 Å². The summed E-state index contributed by atoms with van der Waals surface area (Å²) in [6, 6.07) is 9.31. The maximum Gasteiger partial charge on any atom is 0.250 e. The third kappa shape index (κ3) is 5.40. The van der Waals surface area contributed by atoms with Crippen LogP contribution in [0.3, 0.4) is 0 Å². The third-order valence-electron chi connectivity index (χ3n) is 3.32. The van der Waals surface area contributed by atoms with Gasteiger partial charge in [-0.05, 0) is 42.7 Å². The Bertz CT molecular complexity index is 786. The number of aryl methyl sites for hydroxylation is 1. The largest absolute Gasteiger partial charge is 0.355 e. The van der Waals surface area contributed by atoms with E-state index in [1.807, 2.05) is 6.92 Å². The molecule has 0 bridgehead atoms. The van der Waals surface area contributed by atoms with Gasteiger partial charge in [-0.1, -0.05) is 19.1 Å². The molecule has 0 radical (unpaired) electrons. The minimum atomic E-state index is -3.66. The van der Waals surface area contributed by atoms with Gasteiger partial charge in [0.05, 0.1) is 6.54 Å². The molecule has 0 saturated carbocycles. The monoisotopic (exact) mass is 370 g/mol. The average Bonchev–Trinajstić information content (AvgIpc) is 3.05. The van der Waals surface area contributed by atoms with Crippen molar-refractivity contribution in [1.29, 1.82) is 0 Å². The van der Waals surface area contributed by atoms with Crippen LogP contribution in [0.4, 0.5) is 4.39 Å². The Morgan fingerprint density at radius 2 is 1.88 bits per heavy atom. The van der Waals surface area contributed by atoms with E-state index in [1.54, 1.807) is 18.2 Å². The standard InChI is InChI=1S/C16H19FN2O3S2/c1-2-14-7-8-16(23-14)24(21,22)19-11-15(20)18-10-9-12-3-5-13(17)6-4-12/h3-8,19H,2,9-11H2,1H3,(H,18,20). The van der Waals surface area contributed by atoms with Crippen molar-refractivity contribution in [3.05, 3.63) is 52.7 Å². The van der Waals surface area contributed by atoms with Gasteiger partial charge in [-0.2, -0.15) is 0 Å². The highest BCUT2D eigenvalue weighted by Gasteiger charge is 2.17. The molecule has 1 heterocycles. The fraction of sp³-hybridized carbons (Fsp3) is 0.312. The van der Waals surface area contributed by atoms with E-state index in [0.717, 1.165) is 16.9 Å². The molecular formula is C16H19FN2O3S2. The molecule has 1 aromatic heterocycles. The van der Waals surface area contributed by atoms with Crippen LogP contribution in [0.1, 0.15) is 17.4 Å². The Balaban J connectivity index is 1.77. The second-order valence-corrected chi connectivity index (χ2v) is 8.29. The van der Waals surface area contributed by atoms with Crippen LogP contribution in [0.2, 0.25) is 0 Å². The minimum Gasteiger partial charge on any atom is -0.355 e. The normalized spacial score (nSPS) is 11.4. The molecule has 1 aromatic carbocycles. The molecule has 0 aliphatic rings. The van der Waals surface area contributed by atoms with Gasteiger partial charge in [-0.3, -0.25) is 4.79 Å². The second-order valence-electron chi connectivity index (χ2n) is 5.13. The number of carbonyl (C=O) groups excluding carboxylic acids is 1. The molecule has 2 rings (SSSR count). The molecule has 8 heteroatoms. The van der Waals surface area contributed by atoms with Gasteiger partial charge in [-0.15, -0.1) is 11.3 Å². The maximum absolute atomic E-state index is 12.8. The molecule has 2 N–H and O–H groups in total. The number of nitrogens with one attached hydrogen (secondary N) is 2. The number of thiophene rings is 1. The molecule has 5 nitrogen and oxygen atoms in total. The van der Waals surface area contributed by atoms with Crippen LogP contribution in [-0.2, 0) is 27.7 Å². The number of rotatable bonds is 8. The van der Waals surface area contributed by atoms with Gasteiger partial charge < -0.3 is 5.32 Å². The van der Waals surface area contributed by atoms with Crippen molar-refractivity contribution >= 4 is 27.3 Å². The van der Waals surface area contributed by atoms with Gasteiger partial charge in [-0.25, -0.2) is 17.5 Å². The molecule has 0 fully saturated rings. The van der Waals surface area contributed by atoms with E-state index < -0.39 is 15.9 Å². The Morgan fingerprint density at radius 1 is 1.17 bits per heavy atom. The molecule has 0 aliphatic carbocycles. The Morgan fingerprint density at radius 3 is 2.50 bits per heavy atom. The van der Waals surface area contributed by atoms with Gasteiger partial charge in [0.25, 0.3) is 10.0 Å². The van der Waals surface area contributed by atoms with Crippen LogP contribution < -0.4 is 10.0 Å². The molecule has 130 valence electrons. The number of halogens is 1. The van der Waals surface area contributed by atoms with E-state index in [-0.39, 0.29) is 16.6 Å². The van der Waals surface area contributed by atoms with Crippen LogP contribution in [0.5, 0.6) is 0 Å². The zero-order valence-electron chi connectivity index (χ0n) is 13.2. The maximum atomic E-state index is 12.8. The lowest BCUT2D eigenvalue weighted by molar-refractivity contribution is -0.119. The summed E-state index contributed by atoms with van der Waals surface area (Å²) in [5, 5.41) is 2.63. The number of carbonyl (C=O) groups is 1. The first-order valence-electron chi connectivity index (χ1n) is 7.50. The van der Waals surface area contributed by atoms with E-state index in [1.165, 1.54) is 29.5 Å². The molecule has 0 spiro atoms. The molecule has 0 saturated heterocycles. The van der Waals surface area contributed by atoms with Crippen molar-refractivity contribution in [2.45, 2.75) is 24.0 Å². The highest BCUT2D eigenvalue weighted by molar-refractivity contribution is 7.91. The van der Waals surface area contributed by atoms with Crippen molar-refractivity contribution in [3.8, 4) is 0 Å². The number of amides is 1. The highest BCUT2D eigenvalue weighted by Crippen LogP contribution is 2.21. The smallest absolute Gasteiger partial charge is 0.250 e. The lowest BCUT2D eigenvalue weighted by atomic mass is 10.1. The van der Waals surface area contributed by atoms with Crippen LogP contribution in [-0.4, -0.2) is 27.4 Å². The fourth-order valence-corrected chi connectivity index (χ4v) is 4.31. The molecule has 0 unspecified atom stereocenters. The zero-order valence-corrected chi connectivity index (χ0v) is 14.8. The third-order valence-corrected chi connectivity index (χ3v) is 6.44. The summed E-state index contributed by atoms with van der Waals surface area (Å²) in [7, 11) is -3.66. The Kier molecular flexibility index (Phi) is 6.47. The van der Waals surface area contributed by atoms with E-state index in [0.29, 0.717) is 13.0 Å². The summed E-state index contributed by atoms with van der Waals surface area (Å²) in [5.74, 6) is -0.718. The van der Waals surface area contributed by atoms with Crippen molar-refractivity contribution in [2.75, 3.05) is 13.1 Å². The second kappa shape index (κ2) is 8.36. The fourth-order valence-electron chi connectivity index (χ4n) is 1.98. The summed E-state index contributed by atoms with van der Waals surface area (Å²) < 4.78 is 39.4. The van der Waals surface area contributed by atoms with Crippen molar-refractivity contribution in [2.24, 2.45) is 0 Å². The highest BCUT2D eigenvalue weighted by atomic mass is 32.2. The topological polar surface area (TPSA) is 75.3 Å². The Hall–Kier alpha value is -1.77. The molecule has 1 amide bonds. The summed E-state index contributed by atoms with van der Waals surface area (Å²) in [5.41, 5.74) is 0.892. The van der Waals surface area contributed by atoms with Gasteiger partial charge in [0.1, 0.15) is 10.0 Å². The predicted molar refractivity (Wildman–Crippen MR) is 92.0 cm³/mol. The zero-order chi connectivity index (χ0) is 17.6. The van der Waals surface area contributed by atoms with Crippen molar-refractivity contribution in [1.82, 2.24) is 10.0 Å². The lowest BCUT2D eigenvalue weighted by Gasteiger charge is -2.07. The van der Waals surface area contributed by atoms with E-state index in [9.17, 15) is 17.6 Å². The van der Waals surface area contributed by atoms with E-state index in [2.05, 4.69) is 10.0 Å². The van der Waals surface area contributed by atoms with Gasteiger partial charge in [0.2, 0.25) is 5.91 Å². The molecule has 2 aromatic rings. The lowest BCUT2D eigenvalue weighted by Crippen LogP contribution is -2.37. The summed E-state index contributed by atoms with van der Waals surface area (Å²) in [4.78, 5) is 12.7. The predicted octanol–water partition coefficient (Wildman–Crippen LogP) is 2.09. The summed E-state index contributed by atoms with van der Waals surface area (Å²) in [6.07, 6.45) is 1.31. The average molecular weight is 370 g/mol. The first kappa shape index (κ1) is 18.6. The van der Waals surface area contributed by atoms with Crippen LogP contribution in [0.25, 0.3) is 0 Å². The number of sulfonamides is 1. The van der Waals surface area contributed by atoms with Gasteiger partial charge in [0, 0.05) is 11.4 Å². The number of hydrogen-bond acceptors (Lipinski definition) is 4. The number of benzene rings is 1. The molecular weight excluding hydrogens is 351 g/mol. The summed E-state index contributed by atoms with van der Waals surface area (Å²) in [6.45, 7) is 1.99.